The van der Waals surface area contributed by atoms with Gasteiger partial charge in [0, 0.05) is 30.5 Å². The number of ether oxygens (including phenoxy) is 1. The number of para-hydroxylation sites is 2. The minimum absolute atomic E-state index is 0.0692. The smallest absolute Gasteiger partial charge is 0.334 e. The number of nitrogens with zero attached hydrogens (tertiary/aromatic N) is 5. The van der Waals surface area contributed by atoms with Crippen LogP contribution in [0.4, 0.5) is 11.4 Å². The van der Waals surface area contributed by atoms with E-state index in [1.54, 1.807) is 44.2 Å². The summed E-state index contributed by atoms with van der Waals surface area (Å²) in [5.41, 5.74) is 2.70. The number of hydrogen-bond acceptors (Lipinski definition) is 8. The van der Waals surface area contributed by atoms with E-state index < -0.39 is 21.7 Å². The molecule has 0 radical (unpaired) electrons. The Morgan fingerprint density at radius 3 is 2.45 bits per heavy atom. The molecule has 1 heterocycles. The average Bonchev–Trinajstić information content (AvgIpc) is 3.23. The van der Waals surface area contributed by atoms with Crippen molar-refractivity contribution in [2.75, 3.05) is 6.61 Å². The molecule has 3 aromatic rings. The van der Waals surface area contributed by atoms with Gasteiger partial charge in [0.1, 0.15) is 11.4 Å². The molecular formula is C22H19N5O6. The van der Waals surface area contributed by atoms with Gasteiger partial charge in [0.25, 0.3) is 11.4 Å². The second-order valence-corrected chi connectivity index (χ2v) is 7.41. The third-order valence-electron chi connectivity index (χ3n) is 5.58. The monoisotopic (exact) mass is 449 g/mol. The number of allylic oxidation sites excluding steroid dienone is 1. The summed E-state index contributed by atoms with van der Waals surface area (Å²) < 4.78 is 6.69. The van der Waals surface area contributed by atoms with Crippen LogP contribution in [0.3, 0.4) is 0 Å². The highest BCUT2D eigenvalue weighted by Gasteiger charge is 2.36. The fourth-order valence-electron chi connectivity index (χ4n) is 4.07. The lowest BCUT2D eigenvalue weighted by molar-refractivity contribution is -0.385. The molecule has 1 aliphatic rings. The number of aromatic nitrogens is 3. The van der Waals surface area contributed by atoms with E-state index in [2.05, 4.69) is 10.3 Å². The Balaban J connectivity index is 1.88. The first kappa shape index (κ1) is 21.8. The Labute approximate surface area is 187 Å². The van der Waals surface area contributed by atoms with Crippen molar-refractivity contribution in [2.24, 2.45) is 0 Å². The normalized spacial score (nSPS) is 15.2. The highest BCUT2D eigenvalue weighted by Crippen LogP contribution is 2.41. The van der Waals surface area contributed by atoms with Crippen LogP contribution < -0.4 is 0 Å². The van der Waals surface area contributed by atoms with E-state index in [4.69, 9.17) is 4.74 Å². The van der Waals surface area contributed by atoms with Gasteiger partial charge in [-0.3, -0.25) is 20.2 Å². The zero-order valence-corrected chi connectivity index (χ0v) is 17.8. The number of nitro groups is 2. The SMILES string of the molecule is CCOC(=O)C1=C(C)c2nnn(-c3ccccc3[N+](=O)[O-])c2CC1c1ccc([N+](=O)[O-])cc1. The van der Waals surface area contributed by atoms with Gasteiger partial charge in [0.05, 0.1) is 27.7 Å². The van der Waals surface area contributed by atoms with Gasteiger partial charge in [-0.1, -0.05) is 29.5 Å². The van der Waals surface area contributed by atoms with Crippen LogP contribution in [0, 0.1) is 20.2 Å². The second kappa shape index (κ2) is 8.61. The molecule has 11 heteroatoms. The maximum atomic E-state index is 12.9. The summed E-state index contributed by atoms with van der Waals surface area (Å²) in [7, 11) is 0. The van der Waals surface area contributed by atoms with E-state index >= 15 is 0 Å². The maximum absolute atomic E-state index is 12.9. The third-order valence-corrected chi connectivity index (χ3v) is 5.58. The van der Waals surface area contributed by atoms with Crippen molar-refractivity contribution in [3.8, 4) is 5.69 Å². The zero-order valence-electron chi connectivity index (χ0n) is 17.8. The van der Waals surface area contributed by atoms with Gasteiger partial charge in [-0.2, -0.15) is 0 Å². The summed E-state index contributed by atoms with van der Waals surface area (Å²) in [5, 5.41) is 31.0. The van der Waals surface area contributed by atoms with Crippen molar-refractivity contribution in [3.05, 3.63) is 91.3 Å². The first-order chi connectivity index (χ1) is 15.8. The number of esters is 1. The summed E-state index contributed by atoms with van der Waals surface area (Å²) in [4.78, 5) is 34.5. The second-order valence-electron chi connectivity index (χ2n) is 7.41. The molecule has 1 atom stereocenters. The number of carbonyl (C=O) groups excluding carboxylic acids is 1. The molecule has 0 aliphatic heterocycles. The Hall–Kier alpha value is -4.41. The Kier molecular flexibility index (Phi) is 5.69. The van der Waals surface area contributed by atoms with E-state index in [0.717, 1.165) is 0 Å². The van der Waals surface area contributed by atoms with Gasteiger partial charge in [-0.15, -0.1) is 5.10 Å². The lowest BCUT2D eigenvalue weighted by Gasteiger charge is -2.26. The molecular weight excluding hydrogens is 430 g/mol. The van der Waals surface area contributed by atoms with Gasteiger partial charge >= 0.3 is 5.97 Å². The summed E-state index contributed by atoms with van der Waals surface area (Å²) in [6.45, 7) is 3.60. The molecule has 0 bridgehead atoms. The molecule has 0 saturated heterocycles. The van der Waals surface area contributed by atoms with Gasteiger partial charge in [-0.05, 0) is 31.1 Å². The predicted octanol–water partition coefficient (Wildman–Crippen LogP) is 3.76. The van der Waals surface area contributed by atoms with Crippen LogP contribution in [-0.2, 0) is 16.0 Å². The molecule has 11 nitrogen and oxygen atoms in total. The fourth-order valence-corrected chi connectivity index (χ4v) is 4.07. The minimum Gasteiger partial charge on any atom is -0.463 e. The molecule has 1 aliphatic carbocycles. The Morgan fingerprint density at radius 2 is 1.82 bits per heavy atom. The van der Waals surface area contributed by atoms with Crippen molar-refractivity contribution >= 4 is 22.9 Å². The topological polar surface area (TPSA) is 143 Å². The highest BCUT2D eigenvalue weighted by molar-refractivity contribution is 5.99. The number of carbonyl (C=O) groups is 1. The van der Waals surface area contributed by atoms with Crippen LogP contribution in [0.2, 0.25) is 0 Å². The van der Waals surface area contributed by atoms with E-state index in [0.29, 0.717) is 28.1 Å². The minimum atomic E-state index is -0.510. The lowest BCUT2D eigenvalue weighted by atomic mass is 9.79. The van der Waals surface area contributed by atoms with E-state index in [1.807, 2.05) is 0 Å². The summed E-state index contributed by atoms with van der Waals surface area (Å²) >= 11 is 0. The number of non-ortho nitro benzene ring substituents is 1. The van der Waals surface area contributed by atoms with Crippen LogP contribution in [0.1, 0.15) is 36.7 Å². The number of benzene rings is 2. The van der Waals surface area contributed by atoms with Crippen LogP contribution in [0.5, 0.6) is 0 Å². The van der Waals surface area contributed by atoms with E-state index in [1.165, 1.54) is 22.9 Å². The van der Waals surface area contributed by atoms with Crippen molar-refractivity contribution in [2.45, 2.75) is 26.2 Å². The van der Waals surface area contributed by atoms with E-state index in [-0.39, 0.29) is 30.1 Å². The first-order valence-corrected chi connectivity index (χ1v) is 10.1. The summed E-state index contributed by atoms with van der Waals surface area (Å²) in [6.07, 6.45) is 0.248. The molecule has 1 unspecified atom stereocenters. The quantitative estimate of drug-likeness (QED) is 0.314. The van der Waals surface area contributed by atoms with Crippen LogP contribution >= 0.6 is 0 Å². The van der Waals surface area contributed by atoms with Crippen molar-refractivity contribution in [1.29, 1.82) is 0 Å². The predicted molar refractivity (Wildman–Crippen MR) is 117 cm³/mol. The molecule has 0 amide bonds. The van der Waals surface area contributed by atoms with Gasteiger partial charge in [0.2, 0.25) is 0 Å². The number of fused-ring (bicyclic) bond motifs is 1. The molecule has 2 aromatic carbocycles. The fraction of sp³-hybridized carbons (Fsp3) is 0.227. The summed E-state index contributed by atoms with van der Waals surface area (Å²) in [6, 6.07) is 12.1. The Bertz CT molecular complexity index is 1290. The number of nitro benzene ring substituents is 2. The third kappa shape index (κ3) is 3.84. The van der Waals surface area contributed by atoms with Crippen LogP contribution in [0.25, 0.3) is 11.3 Å². The first-order valence-electron chi connectivity index (χ1n) is 10.1. The molecule has 0 N–H and O–H groups in total. The zero-order chi connectivity index (χ0) is 23.7. The average molecular weight is 449 g/mol. The van der Waals surface area contributed by atoms with Crippen molar-refractivity contribution < 1.29 is 19.4 Å². The molecule has 168 valence electrons. The molecule has 33 heavy (non-hydrogen) atoms. The van der Waals surface area contributed by atoms with Gasteiger partial charge in [0.15, 0.2) is 0 Å². The van der Waals surface area contributed by atoms with Crippen LogP contribution in [-0.4, -0.2) is 37.4 Å². The molecule has 0 spiro atoms. The lowest BCUT2D eigenvalue weighted by Crippen LogP contribution is -2.23. The van der Waals surface area contributed by atoms with E-state index in [9.17, 15) is 25.0 Å². The molecule has 1 aromatic heterocycles. The summed E-state index contributed by atoms with van der Waals surface area (Å²) in [5.74, 6) is -1.01. The highest BCUT2D eigenvalue weighted by atomic mass is 16.6. The molecule has 0 saturated carbocycles. The van der Waals surface area contributed by atoms with Gasteiger partial charge < -0.3 is 4.74 Å². The Morgan fingerprint density at radius 1 is 1.12 bits per heavy atom. The van der Waals surface area contributed by atoms with Crippen molar-refractivity contribution in [1.82, 2.24) is 15.0 Å². The van der Waals surface area contributed by atoms with Crippen molar-refractivity contribution in [3.63, 3.8) is 0 Å². The number of hydrogen-bond donors (Lipinski definition) is 0. The van der Waals surface area contributed by atoms with Crippen LogP contribution in [0.15, 0.2) is 54.1 Å². The van der Waals surface area contributed by atoms with Gasteiger partial charge in [-0.25, -0.2) is 9.48 Å². The largest absolute Gasteiger partial charge is 0.463 e. The standard InChI is InChI=1S/C22H19N5O6/c1-3-33-22(28)20-13(2)21-19(12-16(20)14-8-10-15(11-9-14)26(29)30)25(24-23-21)17-6-4-5-7-18(17)27(31)32/h4-11,16H,3,12H2,1-2H3. The maximum Gasteiger partial charge on any atom is 0.334 e. The molecule has 0 fully saturated rings. The number of rotatable bonds is 6. The molecule has 4 rings (SSSR count).